The molecule has 3 aromatic heterocycles. The number of imidazole rings is 1. The molecule has 1 N–H and O–H groups in total. The molecule has 0 fully saturated rings. The SMILES string of the molecule is COc1cc(OC)cc([C@H](CC(=O)NCc2ccco2)c2cnc3cc(C)ccn23)c1. The third-order valence-corrected chi connectivity index (χ3v) is 5.26. The fourth-order valence-corrected chi connectivity index (χ4v) is 3.64. The van der Waals surface area contributed by atoms with Crippen LogP contribution < -0.4 is 14.8 Å². The third-order valence-electron chi connectivity index (χ3n) is 5.26. The fraction of sp³-hybridized carbons (Fsp3) is 0.250. The maximum atomic E-state index is 12.9. The first kappa shape index (κ1) is 20.5. The van der Waals surface area contributed by atoms with Crippen LogP contribution in [-0.4, -0.2) is 29.5 Å². The quantitative estimate of drug-likeness (QED) is 0.465. The van der Waals surface area contributed by atoms with Crippen molar-refractivity contribution in [3.8, 4) is 11.5 Å². The topological polar surface area (TPSA) is 78.0 Å². The van der Waals surface area contributed by atoms with Crippen LogP contribution in [0.5, 0.6) is 11.5 Å². The minimum atomic E-state index is -0.252. The molecule has 1 aromatic carbocycles. The van der Waals surface area contributed by atoms with Crippen LogP contribution in [0.2, 0.25) is 0 Å². The van der Waals surface area contributed by atoms with Gasteiger partial charge in [-0.15, -0.1) is 0 Å². The summed E-state index contributed by atoms with van der Waals surface area (Å²) in [7, 11) is 3.22. The Morgan fingerprint density at radius 2 is 1.94 bits per heavy atom. The molecule has 0 radical (unpaired) electrons. The largest absolute Gasteiger partial charge is 0.497 e. The Labute approximate surface area is 180 Å². The first-order valence-electron chi connectivity index (χ1n) is 10.0. The number of carbonyl (C=O) groups excluding carboxylic acids is 1. The van der Waals surface area contributed by atoms with Crippen LogP contribution in [0.15, 0.2) is 65.5 Å². The van der Waals surface area contributed by atoms with E-state index in [4.69, 9.17) is 13.9 Å². The van der Waals surface area contributed by atoms with Crippen molar-refractivity contribution in [1.29, 1.82) is 0 Å². The zero-order chi connectivity index (χ0) is 21.8. The molecule has 0 saturated carbocycles. The number of benzene rings is 1. The van der Waals surface area contributed by atoms with Crippen LogP contribution in [0, 0.1) is 6.92 Å². The van der Waals surface area contributed by atoms with E-state index >= 15 is 0 Å². The number of aryl methyl sites for hydroxylation is 1. The lowest BCUT2D eigenvalue weighted by atomic mass is 9.91. The number of aromatic nitrogens is 2. The Bertz CT molecular complexity index is 1160. The van der Waals surface area contributed by atoms with E-state index in [2.05, 4.69) is 10.3 Å². The van der Waals surface area contributed by atoms with Gasteiger partial charge in [0.2, 0.25) is 5.91 Å². The number of nitrogens with zero attached hydrogens (tertiary/aromatic N) is 2. The normalized spacial score (nSPS) is 12.0. The van der Waals surface area contributed by atoms with Crippen LogP contribution in [0.3, 0.4) is 0 Å². The van der Waals surface area contributed by atoms with Crippen LogP contribution in [-0.2, 0) is 11.3 Å². The number of carbonyl (C=O) groups is 1. The van der Waals surface area contributed by atoms with Crippen molar-refractivity contribution in [2.75, 3.05) is 14.2 Å². The van der Waals surface area contributed by atoms with Gasteiger partial charge in [-0.1, -0.05) is 0 Å². The van der Waals surface area contributed by atoms with Crippen molar-refractivity contribution in [3.63, 3.8) is 0 Å². The summed E-state index contributed by atoms with van der Waals surface area (Å²) >= 11 is 0. The van der Waals surface area contributed by atoms with Gasteiger partial charge in [-0.2, -0.15) is 0 Å². The van der Waals surface area contributed by atoms with Crippen molar-refractivity contribution in [2.24, 2.45) is 0 Å². The van der Waals surface area contributed by atoms with Crippen molar-refractivity contribution in [2.45, 2.75) is 25.8 Å². The molecule has 1 atom stereocenters. The summed E-state index contributed by atoms with van der Waals surface area (Å²) in [4.78, 5) is 17.4. The Kier molecular flexibility index (Phi) is 5.93. The molecule has 7 nitrogen and oxygen atoms in total. The van der Waals surface area contributed by atoms with Gasteiger partial charge in [0, 0.05) is 30.8 Å². The molecular weight excluding hydrogens is 394 g/mol. The molecule has 0 saturated heterocycles. The number of pyridine rings is 1. The Morgan fingerprint density at radius 1 is 1.16 bits per heavy atom. The van der Waals surface area contributed by atoms with E-state index in [0.717, 1.165) is 22.5 Å². The van der Waals surface area contributed by atoms with Gasteiger partial charge in [0.15, 0.2) is 0 Å². The van der Waals surface area contributed by atoms with Crippen LogP contribution >= 0.6 is 0 Å². The molecule has 1 amide bonds. The first-order chi connectivity index (χ1) is 15.1. The highest BCUT2D eigenvalue weighted by atomic mass is 16.5. The predicted octanol–water partition coefficient (Wildman–Crippen LogP) is 4.09. The van der Waals surface area contributed by atoms with Gasteiger partial charge < -0.3 is 23.6 Å². The Balaban J connectivity index is 1.70. The molecular formula is C24H25N3O4. The number of hydrogen-bond acceptors (Lipinski definition) is 5. The summed E-state index contributed by atoms with van der Waals surface area (Å²) < 4.78 is 18.2. The van der Waals surface area contributed by atoms with Crippen molar-refractivity contribution in [3.05, 3.63) is 83.7 Å². The predicted molar refractivity (Wildman–Crippen MR) is 116 cm³/mol. The van der Waals surface area contributed by atoms with E-state index in [-0.39, 0.29) is 18.2 Å². The van der Waals surface area contributed by atoms with E-state index in [1.165, 1.54) is 0 Å². The summed E-state index contributed by atoms with van der Waals surface area (Å²) in [6.07, 6.45) is 5.63. The Morgan fingerprint density at radius 3 is 2.61 bits per heavy atom. The van der Waals surface area contributed by atoms with E-state index < -0.39 is 0 Å². The molecule has 31 heavy (non-hydrogen) atoms. The smallest absolute Gasteiger partial charge is 0.221 e. The average molecular weight is 419 g/mol. The van der Waals surface area contributed by atoms with Crippen molar-refractivity contribution >= 4 is 11.6 Å². The number of furan rings is 1. The summed E-state index contributed by atoms with van der Waals surface area (Å²) in [6.45, 7) is 2.37. The highest BCUT2D eigenvalue weighted by Crippen LogP contribution is 2.34. The lowest BCUT2D eigenvalue weighted by molar-refractivity contribution is -0.121. The van der Waals surface area contributed by atoms with Gasteiger partial charge in [0.05, 0.1) is 32.7 Å². The summed E-state index contributed by atoms with van der Waals surface area (Å²) in [5, 5.41) is 2.94. The van der Waals surface area contributed by atoms with E-state index in [1.54, 1.807) is 26.5 Å². The highest BCUT2D eigenvalue weighted by molar-refractivity contribution is 5.77. The number of fused-ring (bicyclic) bond motifs is 1. The average Bonchev–Trinajstić information content (AvgIpc) is 3.45. The number of rotatable bonds is 8. The number of amides is 1. The van der Waals surface area contributed by atoms with Gasteiger partial charge in [-0.25, -0.2) is 4.98 Å². The van der Waals surface area contributed by atoms with Crippen molar-refractivity contribution in [1.82, 2.24) is 14.7 Å². The first-order valence-corrected chi connectivity index (χ1v) is 10.0. The van der Waals surface area contributed by atoms with Gasteiger partial charge in [-0.3, -0.25) is 4.79 Å². The molecule has 0 aliphatic heterocycles. The van der Waals surface area contributed by atoms with Crippen LogP contribution in [0.4, 0.5) is 0 Å². The van der Waals surface area contributed by atoms with Gasteiger partial charge in [0.1, 0.15) is 22.9 Å². The molecule has 4 rings (SSSR count). The number of nitrogens with one attached hydrogen (secondary N) is 1. The van der Waals surface area contributed by atoms with Crippen molar-refractivity contribution < 1.29 is 18.7 Å². The molecule has 0 aliphatic carbocycles. The monoisotopic (exact) mass is 419 g/mol. The number of methoxy groups -OCH3 is 2. The summed E-state index contributed by atoms with van der Waals surface area (Å²) in [6, 6.07) is 13.4. The van der Waals surface area contributed by atoms with E-state index in [1.807, 2.05) is 60.1 Å². The maximum absolute atomic E-state index is 12.9. The minimum absolute atomic E-state index is 0.0924. The van der Waals surface area contributed by atoms with Gasteiger partial charge in [-0.05, 0) is 54.4 Å². The molecule has 0 spiro atoms. The lowest BCUT2D eigenvalue weighted by Crippen LogP contribution is -2.25. The second-order valence-corrected chi connectivity index (χ2v) is 7.37. The zero-order valence-corrected chi connectivity index (χ0v) is 17.8. The molecule has 3 heterocycles. The molecule has 160 valence electrons. The lowest BCUT2D eigenvalue weighted by Gasteiger charge is -2.19. The van der Waals surface area contributed by atoms with E-state index in [0.29, 0.717) is 23.8 Å². The molecule has 0 bridgehead atoms. The summed E-state index contributed by atoms with van der Waals surface area (Å²) in [5.74, 6) is 1.70. The second-order valence-electron chi connectivity index (χ2n) is 7.37. The standard InChI is InChI=1S/C24H25N3O4/c1-16-6-7-27-22(15-25-23(27)9-16)21(13-24(28)26-14-18-5-4-8-31-18)17-10-19(29-2)12-20(11-17)30-3/h4-12,15,21H,13-14H2,1-3H3,(H,26,28)/t21-/m0/s1. The van der Waals surface area contributed by atoms with Crippen LogP contribution in [0.1, 0.15) is 34.9 Å². The van der Waals surface area contributed by atoms with Gasteiger partial charge >= 0.3 is 0 Å². The molecule has 0 unspecified atom stereocenters. The fourth-order valence-electron chi connectivity index (χ4n) is 3.64. The third kappa shape index (κ3) is 4.55. The van der Waals surface area contributed by atoms with E-state index in [9.17, 15) is 4.79 Å². The molecule has 7 heteroatoms. The maximum Gasteiger partial charge on any atom is 0.221 e. The van der Waals surface area contributed by atoms with Gasteiger partial charge in [0.25, 0.3) is 0 Å². The van der Waals surface area contributed by atoms with Crippen LogP contribution in [0.25, 0.3) is 5.65 Å². The number of hydrogen-bond donors (Lipinski definition) is 1. The summed E-state index contributed by atoms with van der Waals surface area (Å²) in [5.41, 5.74) is 3.79. The molecule has 4 aromatic rings. The second kappa shape index (κ2) is 8.95. The molecule has 0 aliphatic rings. The number of ether oxygens (including phenoxy) is 2. The Hall–Kier alpha value is -3.74. The zero-order valence-electron chi connectivity index (χ0n) is 17.8. The minimum Gasteiger partial charge on any atom is -0.497 e. The highest BCUT2D eigenvalue weighted by Gasteiger charge is 2.23.